The van der Waals surface area contributed by atoms with E-state index >= 15 is 0 Å². The Kier molecular flexibility index (Phi) is 4.77. The van der Waals surface area contributed by atoms with Gasteiger partial charge >= 0.3 is 0 Å². The van der Waals surface area contributed by atoms with E-state index in [-0.39, 0.29) is 5.25 Å². The molecule has 0 bridgehead atoms. The van der Waals surface area contributed by atoms with Crippen LogP contribution in [0.5, 0.6) is 0 Å². The molecule has 2 N–H and O–H groups in total. The number of nitrogens with one attached hydrogen (secondary N) is 2. The first-order valence-corrected chi connectivity index (χ1v) is 8.75. The van der Waals surface area contributed by atoms with E-state index in [1.807, 2.05) is 6.07 Å². The minimum Gasteiger partial charge on any atom is -0.317 e. The Morgan fingerprint density at radius 3 is 2.61 bits per heavy atom. The third-order valence-electron chi connectivity index (χ3n) is 3.24. The predicted octanol–water partition coefficient (Wildman–Crippen LogP) is 1.48. The van der Waals surface area contributed by atoms with Crippen LogP contribution in [0.4, 0.5) is 0 Å². The molecule has 2 heterocycles. The van der Waals surface area contributed by atoms with Crippen LogP contribution in [0.3, 0.4) is 0 Å². The van der Waals surface area contributed by atoms with E-state index in [1.54, 1.807) is 11.3 Å². The fourth-order valence-corrected chi connectivity index (χ4v) is 4.54. The highest BCUT2D eigenvalue weighted by Crippen LogP contribution is 2.18. The molecule has 1 aromatic rings. The second-order valence-electron chi connectivity index (χ2n) is 4.54. The molecule has 1 saturated heterocycles. The van der Waals surface area contributed by atoms with E-state index in [1.165, 1.54) is 4.88 Å². The molecule has 102 valence electrons. The van der Waals surface area contributed by atoms with Gasteiger partial charge in [-0.2, -0.15) is 0 Å². The minimum absolute atomic E-state index is 0.232. The molecule has 1 aliphatic heterocycles. The van der Waals surface area contributed by atoms with Crippen molar-refractivity contribution in [3.63, 3.8) is 0 Å². The standard InChI is InChI=1S/C12H20N2O2S2/c1-2-10-3-4-11(17-10)9-14-18(15,16)12-5-7-13-8-6-12/h3-4,12-14H,2,5-9H2,1H3. The molecule has 6 heteroatoms. The third kappa shape index (κ3) is 3.54. The van der Waals surface area contributed by atoms with Crippen molar-refractivity contribution in [1.82, 2.24) is 10.0 Å². The number of hydrogen-bond acceptors (Lipinski definition) is 4. The summed E-state index contributed by atoms with van der Waals surface area (Å²) in [6, 6.07) is 4.08. The largest absolute Gasteiger partial charge is 0.317 e. The monoisotopic (exact) mass is 288 g/mol. The SMILES string of the molecule is CCc1ccc(CNS(=O)(=O)C2CCNCC2)s1. The Balaban J connectivity index is 1.91. The molecule has 1 aliphatic rings. The molecule has 0 aromatic carbocycles. The number of piperidine rings is 1. The van der Waals surface area contributed by atoms with Crippen LogP contribution in [0.2, 0.25) is 0 Å². The molecular formula is C12H20N2O2S2. The van der Waals surface area contributed by atoms with Crippen LogP contribution in [0.25, 0.3) is 0 Å². The van der Waals surface area contributed by atoms with Crippen molar-refractivity contribution in [3.05, 3.63) is 21.9 Å². The first-order valence-electron chi connectivity index (χ1n) is 6.38. The number of hydrogen-bond donors (Lipinski definition) is 2. The Morgan fingerprint density at radius 1 is 1.33 bits per heavy atom. The fourth-order valence-electron chi connectivity index (χ4n) is 2.10. The molecule has 0 unspecified atom stereocenters. The van der Waals surface area contributed by atoms with Crippen LogP contribution >= 0.6 is 11.3 Å². The first kappa shape index (κ1) is 14.0. The van der Waals surface area contributed by atoms with Gasteiger partial charge in [0.1, 0.15) is 0 Å². The highest BCUT2D eigenvalue weighted by Gasteiger charge is 2.26. The van der Waals surface area contributed by atoms with E-state index in [0.29, 0.717) is 19.4 Å². The van der Waals surface area contributed by atoms with Crippen LogP contribution in [0, 0.1) is 0 Å². The Labute approximate surface area is 113 Å². The van der Waals surface area contributed by atoms with Crippen molar-refractivity contribution in [2.24, 2.45) is 0 Å². The molecule has 4 nitrogen and oxygen atoms in total. The zero-order valence-electron chi connectivity index (χ0n) is 10.6. The van der Waals surface area contributed by atoms with E-state index in [0.717, 1.165) is 24.4 Å². The molecule has 0 aliphatic carbocycles. The van der Waals surface area contributed by atoms with Crippen LogP contribution in [-0.4, -0.2) is 26.8 Å². The van der Waals surface area contributed by atoms with E-state index < -0.39 is 10.0 Å². The van der Waals surface area contributed by atoms with Gasteiger partial charge in [0.05, 0.1) is 5.25 Å². The highest BCUT2D eigenvalue weighted by atomic mass is 32.2. The first-order chi connectivity index (χ1) is 8.62. The van der Waals surface area contributed by atoms with Gasteiger partial charge in [-0.25, -0.2) is 13.1 Å². The highest BCUT2D eigenvalue weighted by molar-refractivity contribution is 7.90. The van der Waals surface area contributed by atoms with Crippen molar-refractivity contribution in [3.8, 4) is 0 Å². The van der Waals surface area contributed by atoms with Gasteiger partial charge in [0.2, 0.25) is 10.0 Å². The summed E-state index contributed by atoms with van der Waals surface area (Å²) in [6.07, 6.45) is 2.42. The lowest BCUT2D eigenvalue weighted by Crippen LogP contribution is -2.41. The molecule has 0 atom stereocenters. The summed E-state index contributed by atoms with van der Waals surface area (Å²) in [4.78, 5) is 2.38. The van der Waals surface area contributed by atoms with Gasteiger partial charge < -0.3 is 5.32 Å². The fraction of sp³-hybridized carbons (Fsp3) is 0.667. The van der Waals surface area contributed by atoms with Gasteiger partial charge in [-0.1, -0.05) is 6.92 Å². The maximum absolute atomic E-state index is 12.1. The van der Waals surface area contributed by atoms with Gasteiger partial charge in [-0.05, 0) is 44.5 Å². The quantitative estimate of drug-likeness (QED) is 0.863. The summed E-state index contributed by atoms with van der Waals surface area (Å²) in [6.45, 7) is 4.13. The molecular weight excluding hydrogens is 268 g/mol. The Hall–Kier alpha value is -0.430. The van der Waals surface area contributed by atoms with Crippen molar-refractivity contribution in [2.45, 2.75) is 38.0 Å². The summed E-state index contributed by atoms with van der Waals surface area (Å²) < 4.78 is 26.9. The lowest BCUT2D eigenvalue weighted by atomic mass is 10.2. The molecule has 0 spiro atoms. The van der Waals surface area contributed by atoms with Crippen molar-refractivity contribution in [2.75, 3.05) is 13.1 Å². The zero-order chi connectivity index (χ0) is 13.0. The molecule has 18 heavy (non-hydrogen) atoms. The van der Waals surface area contributed by atoms with E-state index in [9.17, 15) is 8.42 Å². The molecule has 0 amide bonds. The van der Waals surface area contributed by atoms with Crippen LogP contribution in [-0.2, 0) is 23.0 Å². The predicted molar refractivity (Wildman–Crippen MR) is 75.3 cm³/mol. The number of aryl methyl sites for hydroxylation is 1. The summed E-state index contributed by atoms with van der Waals surface area (Å²) in [5, 5.41) is 2.95. The summed E-state index contributed by atoms with van der Waals surface area (Å²) in [5.74, 6) is 0. The molecule has 0 saturated carbocycles. The maximum atomic E-state index is 12.1. The lowest BCUT2D eigenvalue weighted by molar-refractivity contribution is 0.489. The Bertz CT molecular complexity index is 476. The topological polar surface area (TPSA) is 58.2 Å². The molecule has 2 rings (SSSR count). The lowest BCUT2D eigenvalue weighted by Gasteiger charge is -2.22. The minimum atomic E-state index is -3.16. The second-order valence-corrected chi connectivity index (χ2v) is 7.84. The van der Waals surface area contributed by atoms with Crippen LogP contribution < -0.4 is 10.0 Å². The number of thiophene rings is 1. The zero-order valence-corrected chi connectivity index (χ0v) is 12.2. The van der Waals surface area contributed by atoms with E-state index in [4.69, 9.17) is 0 Å². The van der Waals surface area contributed by atoms with Gasteiger partial charge in [-0.15, -0.1) is 11.3 Å². The Morgan fingerprint density at radius 2 is 2.00 bits per heavy atom. The van der Waals surface area contributed by atoms with Gasteiger partial charge in [0.15, 0.2) is 0 Å². The second kappa shape index (κ2) is 6.14. The smallest absolute Gasteiger partial charge is 0.214 e. The molecule has 1 fully saturated rings. The van der Waals surface area contributed by atoms with E-state index in [2.05, 4.69) is 23.0 Å². The summed E-state index contributed by atoms with van der Waals surface area (Å²) >= 11 is 1.68. The van der Waals surface area contributed by atoms with Crippen molar-refractivity contribution >= 4 is 21.4 Å². The number of sulfonamides is 1. The van der Waals surface area contributed by atoms with Crippen molar-refractivity contribution < 1.29 is 8.42 Å². The van der Waals surface area contributed by atoms with Crippen LogP contribution in [0.1, 0.15) is 29.5 Å². The van der Waals surface area contributed by atoms with Gasteiger partial charge in [0.25, 0.3) is 0 Å². The van der Waals surface area contributed by atoms with Gasteiger partial charge in [-0.3, -0.25) is 0 Å². The summed E-state index contributed by atoms with van der Waals surface area (Å²) in [7, 11) is -3.16. The molecule has 0 radical (unpaired) electrons. The van der Waals surface area contributed by atoms with Gasteiger partial charge in [0, 0.05) is 16.3 Å². The maximum Gasteiger partial charge on any atom is 0.214 e. The van der Waals surface area contributed by atoms with Crippen molar-refractivity contribution in [1.29, 1.82) is 0 Å². The molecule has 1 aromatic heterocycles. The third-order valence-corrected chi connectivity index (χ3v) is 6.36. The average molecular weight is 288 g/mol. The van der Waals surface area contributed by atoms with Crippen LogP contribution in [0.15, 0.2) is 12.1 Å². The average Bonchev–Trinajstić information content (AvgIpc) is 2.86. The number of rotatable bonds is 5. The summed E-state index contributed by atoms with van der Waals surface area (Å²) in [5.41, 5.74) is 0. The normalized spacial score (nSPS) is 18.1.